The molecule has 0 aliphatic heterocycles. The third kappa shape index (κ3) is 3.59. The number of nitrogens with zero attached hydrogens (tertiary/aromatic N) is 4. The van der Waals surface area contributed by atoms with Crippen LogP contribution in [0.15, 0.2) is 30.6 Å². The molecule has 0 radical (unpaired) electrons. The van der Waals surface area contributed by atoms with Crippen LogP contribution < -0.4 is 10.6 Å². The van der Waals surface area contributed by atoms with Gasteiger partial charge in [-0.05, 0) is 24.6 Å². The van der Waals surface area contributed by atoms with Gasteiger partial charge in [-0.15, -0.1) is 0 Å². The van der Waals surface area contributed by atoms with E-state index in [0.717, 1.165) is 45.0 Å². The van der Waals surface area contributed by atoms with E-state index in [1.165, 1.54) is 6.92 Å². The molecule has 0 aliphatic carbocycles. The van der Waals surface area contributed by atoms with Crippen molar-refractivity contribution in [2.75, 3.05) is 26.1 Å². The first-order chi connectivity index (χ1) is 14.5. The molecule has 0 saturated carbocycles. The summed E-state index contributed by atoms with van der Waals surface area (Å²) in [6.45, 7) is 2.03. The molecule has 0 saturated heterocycles. The van der Waals surface area contributed by atoms with E-state index in [2.05, 4.69) is 25.6 Å². The van der Waals surface area contributed by atoms with E-state index in [1.54, 1.807) is 13.4 Å². The molecule has 1 amide bonds. The molecule has 0 bridgehead atoms. The quantitative estimate of drug-likeness (QED) is 0.435. The molecule has 0 unspecified atom stereocenters. The highest BCUT2D eigenvalue weighted by Gasteiger charge is 2.18. The minimum absolute atomic E-state index is 0.101. The Morgan fingerprint density at radius 3 is 2.90 bits per heavy atom. The van der Waals surface area contributed by atoms with Crippen LogP contribution in [0, 0.1) is 0 Å². The zero-order chi connectivity index (χ0) is 21.3. The zero-order valence-corrected chi connectivity index (χ0v) is 17.5. The fraction of sp³-hybridized carbons (Fsp3) is 0.333. The summed E-state index contributed by atoms with van der Waals surface area (Å²) in [6.07, 6.45) is 2.42. The predicted molar refractivity (Wildman–Crippen MR) is 116 cm³/mol. The molecule has 4 aromatic rings. The van der Waals surface area contributed by atoms with Crippen LogP contribution in [-0.2, 0) is 16.6 Å². The molecule has 156 valence electrons. The van der Waals surface area contributed by atoms with E-state index in [0.29, 0.717) is 13.0 Å². The van der Waals surface area contributed by atoms with Crippen molar-refractivity contribution in [3.8, 4) is 11.4 Å². The second-order valence-corrected chi connectivity index (χ2v) is 7.19. The fourth-order valence-corrected chi connectivity index (χ4v) is 3.68. The number of aromatic amines is 1. The molecule has 0 aromatic carbocycles. The van der Waals surface area contributed by atoms with Gasteiger partial charge >= 0.3 is 0 Å². The number of hydrogen-bond acceptors (Lipinski definition) is 6. The van der Waals surface area contributed by atoms with Crippen molar-refractivity contribution in [1.29, 1.82) is 0 Å². The van der Waals surface area contributed by atoms with Crippen molar-refractivity contribution in [2.24, 2.45) is 7.05 Å². The van der Waals surface area contributed by atoms with Gasteiger partial charge in [-0.2, -0.15) is 0 Å². The van der Waals surface area contributed by atoms with E-state index in [4.69, 9.17) is 9.72 Å². The van der Waals surface area contributed by atoms with Gasteiger partial charge in [0, 0.05) is 40.1 Å². The number of imidazole rings is 1. The monoisotopic (exact) mass is 407 g/mol. The maximum atomic E-state index is 11.6. The number of anilines is 1. The molecule has 0 spiro atoms. The Morgan fingerprint density at radius 1 is 1.33 bits per heavy atom. The number of amides is 1. The van der Waals surface area contributed by atoms with Crippen molar-refractivity contribution < 1.29 is 9.53 Å². The number of carbonyl (C=O) groups excluding carboxylic acids is 1. The van der Waals surface area contributed by atoms with Crippen molar-refractivity contribution >= 4 is 33.8 Å². The average Bonchev–Trinajstić information content (AvgIpc) is 3.34. The average molecular weight is 407 g/mol. The van der Waals surface area contributed by atoms with Crippen LogP contribution in [0.4, 0.5) is 5.82 Å². The van der Waals surface area contributed by atoms with Gasteiger partial charge in [0.05, 0.1) is 35.0 Å². The lowest BCUT2D eigenvalue weighted by Gasteiger charge is -2.17. The number of nitrogens with one attached hydrogen (secondary N) is 3. The lowest BCUT2D eigenvalue weighted by Crippen LogP contribution is -2.27. The van der Waals surface area contributed by atoms with E-state index in [9.17, 15) is 4.79 Å². The number of carbonyl (C=O) groups is 1. The SMILES string of the molecule is CNc1nc2[nH]c(-c3cccc([C@H](CCOC)NC(C)=O)n3)cc2c2c1ncn2C. The Morgan fingerprint density at radius 2 is 2.17 bits per heavy atom. The fourth-order valence-electron chi connectivity index (χ4n) is 3.68. The van der Waals surface area contributed by atoms with E-state index < -0.39 is 0 Å². The summed E-state index contributed by atoms with van der Waals surface area (Å²) >= 11 is 0. The van der Waals surface area contributed by atoms with Crippen LogP contribution in [0.2, 0.25) is 0 Å². The summed E-state index contributed by atoms with van der Waals surface area (Å²) in [5.41, 5.74) is 5.00. The largest absolute Gasteiger partial charge is 0.385 e. The number of ether oxygens (including phenoxy) is 1. The molecule has 1 atom stereocenters. The summed E-state index contributed by atoms with van der Waals surface area (Å²) in [5, 5.41) is 7.04. The van der Waals surface area contributed by atoms with Crippen LogP contribution in [-0.4, -0.2) is 51.2 Å². The number of methoxy groups -OCH3 is 1. The number of fused-ring (bicyclic) bond motifs is 3. The van der Waals surface area contributed by atoms with E-state index in [1.807, 2.05) is 42.9 Å². The summed E-state index contributed by atoms with van der Waals surface area (Å²) in [4.78, 5) is 29.0. The molecule has 30 heavy (non-hydrogen) atoms. The molecule has 4 heterocycles. The van der Waals surface area contributed by atoms with Gasteiger partial charge in [-0.25, -0.2) is 15.0 Å². The molecular formula is C21H25N7O2. The highest BCUT2D eigenvalue weighted by atomic mass is 16.5. The zero-order valence-electron chi connectivity index (χ0n) is 17.5. The van der Waals surface area contributed by atoms with Crippen LogP contribution in [0.25, 0.3) is 33.5 Å². The first-order valence-corrected chi connectivity index (χ1v) is 9.76. The molecule has 0 fully saturated rings. The normalized spacial score (nSPS) is 12.4. The topological polar surface area (TPSA) is 110 Å². The van der Waals surface area contributed by atoms with Gasteiger partial charge in [0.15, 0.2) is 5.82 Å². The Balaban J connectivity index is 1.79. The summed E-state index contributed by atoms with van der Waals surface area (Å²) in [7, 11) is 5.44. The summed E-state index contributed by atoms with van der Waals surface area (Å²) in [5.74, 6) is 0.620. The van der Waals surface area contributed by atoms with Crippen LogP contribution in [0.5, 0.6) is 0 Å². The third-order valence-electron chi connectivity index (χ3n) is 5.07. The maximum Gasteiger partial charge on any atom is 0.217 e. The molecule has 9 nitrogen and oxygen atoms in total. The number of H-pyrrole nitrogens is 1. The van der Waals surface area contributed by atoms with E-state index >= 15 is 0 Å². The first kappa shape index (κ1) is 19.8. The van der Waals surface area contributed by atoms with Gasteiger partial charge in [0.1, 0.15) is 11.2 Å². The van der Waals surface area contributed by atoms with E-state index in [-0.39, 0.29) is 11.9 Å². The van der Waals surface area contributed by atoms with Gasteiger partial charge in [0.25, 0.3) is 0 Å². The number of aromatic nitrogens is 5. The van der Waals surface area contributed by atoms with Crippen molar-refractivity contribution in [1.82, 2.24) is 29.8 Å². The molecule has 9 heteroatoms. The van der Waals surface area contributed by atoms with Gasteiger partial charge in [-0.1, -0.05) is 6.07 Å². The second-order valence-electron chi connectivity index (χ2n) is 7.19. The molecule has 4 rings (SSSR count). The first-order valence-electron chi connectivity index (χ1n) is 9.76. The Bertz CT molecular complexity index is 1210. The Kier molecular flexibility index (Phi) is 5.37. The summed E-state index contributed by atoms with van der Waals surface area (Å²) in [6, 6.07) is 7.62. The van der Waals surface area contributed by atoms with Crippen molar-refractivity contribution in [3.63, 3.8) is 0 Å². The standard InChI is InChI=1S/C21H25N7O2/c1-12(29)24-16(8-9-30-4)14-6-5-7-15(25-14)17-10-13-19-18(23-11-28(19)3)21(22-2)27-20(13)26-17/h5-7,10-11,16H,8-9H2,1-4H3,(H,24,29)(H2,22,26,27)/t16-/m0/s1. The van der Waals surface area contributed by atoms with Gasteiger partial charge < -0.3 is 24.9 Å². The van der Waals surface area contributed by atoms with Crippen LogP contribution in [0.1, 0.15) is 25.1 Å². The number of pyridine rings is 2. The third-order valence-corrected chi connectivity index (χ3v) is 5.07. The minimum atomic E-state index is -0.218. The van der Waals surface area contributed by atoms with Gasteiger partial charge in [-0.3, -0.25) is 4.79 Å². The Hall–Kier alpha value is -3.46. The van der Waals surface area contributed by atoms with Crippen molar-refractivity contribution in [2.45, 2.75) is 19.4 Å². The van der Waals surface area contributed by atoms with Crippen LogP contribution in [0.3, 0.4) is 0 Å². The lowest BCUT2D eigenvalue weighted by atomic mass is 10.1. The number of hydrogen-bond donors (Lipinski definition) is 3. The van der Waals surface area contributed by atoms with Crippen molar-refractivity contribution in [3.05, 3.63) is 36.3 Å². The molecule has 4 aromatic heterocycles. The number of aryl methyl sites for hydroxylation is 1. The number of rotatable bonds is 7. The summed E-state index contributed by atoms with van der Waals surface area (Å²) < 4.78 is 7.17. The highest BCUT2D eigenvalue weighted by molar-refractivity contribution is 6.07. The van der Waals surface area contributed by atoms with Crippen LogP contribution >= 0.6 is 0 Å². The lowest BCUT2D eigenvalue weighted by molar-refractivity contribution is -0.119. The minimum Gasteiger partial charge on any atom is -0.385 e. The maximum absolute atomic E-state index is 11.6. The molecule has 3 N–H and O–H groups in total. The predicted octanol–water partition coefficient (Wildman–Crippen LogP) is 2.77. The smallest absolute Gasteiger partial charge is 0.217 e. The molecular weight excluding hydrogens is 382 g/mol. The van der Waals surface area contributed by atoms with Gasteiger partial charge in [0.2, 0.25) is 5.91 Å². The Labute approximate surface area is 173 Å². The second kappa shape index (κ2) is 8.11. The highest BCUT2D eigenvalue weighted by Crippen LogP contribution is 2.31. The molecule has 0 aliphatic rings.